The van der Waals surface area contributed by atoms with Gasteiger partial charge in [0.05, 0.1) is 11.7 Å². The number of rotatable bonds is 3. The zero-order chi connectivity index (χ0) is 9.97. The average Bonchev–Trinajstić information content (AvgIpc) is 2.57. The van der Waals surface area contributed by atoms with Gasteiger partial charge in [-0.1, -0.05) is 0 Å². The van der Waals surface area contributed by atoms with E-state index in [1.807, 2.05) is 4.68 Å². The molecule has 0 aliphatic rings. The van der Waals surface area contributed by atoms with E-state index in [0.29, 0.717) is 6.54 Å². The zero-order valence-corrected chi connectivity index (χ0v) is 7.78. The van der Waals surface area contributed by atoms with Crippen molar-refractivity contribution in [1.82, 2.24) is 9.78 Å². The minimum Gasteiger partial charge on any atom is -0.330 e. The van der Waals surface area contributed by atoms with Crippen LogP contribution < -0.4 is 5.73 Å². The van der Waals surface area contributed by atoms with Crippen LogP contribution in [0.3, 0.4) is 0 Å². The quantitative estimate of drug-likeness (QED) is 0.803. The van der Waals surface area contributed by atoms with Crippen molar-refractivity contribution >= 4 is 10.9 Å². The second-order valence-electron chi connectivity index (χ2n) is 3.21. The van der Waals surface area contributed by atoms with Crippen molar-refractivity contribution < 1.29 is 4.39 Å². The highest BCUT2D eigenvalue weighted by Gasteiger charge is 2.02. The lowest BCUT2D eigenvalue weighted by Gasteiger charge is -2.01. The van der Waals surface area contributed by atoms with E-state index in [0.717, 1.165) is 23.9 Å². The molecule has 1 aromatic heterocycles. The van der Waals surface area contributed by atoms with E-state index in [4.69, 9.17) is 5.73 Å². The Morgan fingerprint density at radius 3 is 3.07 bits per heavy atom. The summed E-state index contributed by atoms with van der Waals surface area (Å²) in [5, 5.41) is 5.00. The summed E-state index contributed by atoms with van der Waals surface area (Å²) in [7, 11) is 0. The number of fused-ring (bicyclic) bond motifs is 1. The van der Waals surface area contributed by atoms with Gasteiger partial charge in [0.25, 0.3) is 0 Å². The molecule has 0 saturated carbocycles. The molecule has 0 atom stereocenters. The van der Waals surface area contributed by atoms with Gasteiger partial charge in [0, 0.05) is 11.9 Å². The first-order chi connectivity index (χ1) is 6.81. The smallest absolute Gasteiger partial charge is 0.124 e. The van der Waals surface area contributed by atoms with Crippen LogP contribution in [0, 0.1) is 5.82 Å². The molecule has 1 aromatic carbocycles. The standard InChI is InChI=1S/C10H12FN3/c11-9-2-3-10-8(6-9)7-13-14(10)5-1-4-12/h2-3,6-7H,1,4-5,12H2. The van der Waals surface area contributed by atoms with E-state index in [2.05, 4.69) is 5.10 Å². The van der Waals surface area contributed by atoms with E-state index in [1.54, 1.807) is 12.3 Å². The summed E-state index contributed by atoms with van der Waals surface area (Å²) in [5.41, 5.74) is 6.37. The number of hydrogen-bond acceptors (Lipinski definition) is 2. The van der Waals surface area contributed by atoms with Crippen molar-refractivity contribution in [2.75, 3.05) is 6.54 Å². The molecule has 2 N–H and O–H groups in total. The molecular formula is C10H12FN3. The van der Waals surface area contributed by atoms with Gasteiger partial charge in [0.2, 0.25) is 0 Å². The molecular weight excluding hydrogens is 181 g/mol. The molecule has 0 unspecified atom stereocenters. The van der Waals surface area contributed by atoms with Crippen molar-refractivity contribution in [2.45, 2.75) is 13.0 Å². The van der Waals surface area contributed by atoms with Crippen LogP contribution in [0.1, 0.15) is 6.42 Å². The number of hydrogen-bond donors (Lipinski definition) is 1. The Labute approximate surface area is 81.3 Å². The molecule has 0 aliphatic carbocycles. The molecule has 0 aliphatic heterocycles. The molecule has 0 bridgehead atoms. The lowest BCUT2D eigenvalue weighted by molar-refractivity contribution is 0.601. The van der Waals surface area contributed by atoms with E-state index in [-0.39, 0.29) is 5.82 Å². The predicted octanol–water partition coefficient (Wildman–Crippen LogP) is 1.52. The van der Waals surface area contributed by atoms with Crippen LogP contribution in [-0.4, -0.2) is 16.3 Å². The SMILES string of the molecule is NCCCn1ncc2cc(F)ccc21. The summed E-state index contributed by atoms with van der Waals surface area (Å²) >= 11 is 0. The fourth-order valence-electron chi connectivity index (χ4n) is 1.48. The normalized spacial score (nSPS) is 11.0. The topological polar surface area (TPSA) is 43.8 Å². The lowest BCUT2D eigenvalue weighted by atomic mass is 10.2. The molecule has 0 fully saturated rings. The highest BCUT2D eigenvalue weighted by molar-refractivity contribution is 5.78. The molecule has 2 rings (SSSR count). The van der Waals surface area contributed by atoms with Crippen molar-refractivity contribution in [3.8, 4) is 0 Å². The number of aromatic nitrogens is 2. The van der Waals surface area contributed by atoms with Crippen LogP contribution in [0.25, 0.3) is 10.9 Å². The van der Waals surface area contributed by atoms with E-state index >= 15 is 0 Å². The monoisotopic (exact) mass is 193 g/mol. The van der Waals surface area contributed by atoms with Crippen LogP contribution in [0.2, 0.25) is 0 Å². The number of nitrogens with zero attached hydrogens (tertiary/aromatic N) is 2. The van der Waals surface area contributed by atoms with Gasteiger partial charge in [-0.25, -0.2) is 4.39 Å². The summed E-state index contributed by atoms with van der Waals surface area (Å²) in [4.78, 5) is 0. The van der Waals surface area contributed by atoms with E-state index in [9.17, 15) is 4.39 Å². The summed E-state index contributed by atoms with van der Waals surface area (Å²) in [5.74, 6) is -0.226. The molecule has 4 heteroatoms. The van der Waals surface area contributed by atoms with Gasteiger partial charge < -0.3 is 5.73 Å². The van der Waals surface area contributed by atoms with Crippen LogP contribution in [0.15, 0.2) is 24.4 Å². The van der Waals surface area contributed by atoms with E-state index in [1.165, 1.54) is 12.1 Å². The first-order valence-electron chi connectivity index (χ1n) is 4.62. The fourth-order valence-corrected chi connectivity index (χ4v) is 1.48. The number of nitrogens with two attached hydrogens (primary N) is 1. The largest absolute Gasteiger partial charge is 0.330 e. The lowest BCUT2D eigenvalue weighted by Crippen LogP contribution is -2.06. The third-order valence-corrected chi connectivity index (χ3v) is 2.18. The van der Waals surface area contributed by atoms with Gasteiger partial charge in [-0.15, -0.1) is 0 Å². The van der Waals surface area contributed by atoms with Crippen molar-refractivity contribution in [1.29, 1.82) is 0 Å². The Kier molecular flexibility index (Phi) is 2.45. The molecule has 0 amide bonds. The van der Waals surface area contributed by atoms with Crippen molar-refractivity contribution in [2.24, 2.45) is 5.73 Å². The Bertz CT molecular complexity index is 436. The van der Waals surface area contributed by atoms with Gasteiger partial charge in [-0.05, 0) is 31.2 Å². The molecule has 1 heterocycles. The second-order valence-corrected chi connectivity index (χ2v) is 3.21. The number of benzene rings is 1. The highest BCUT2D eigenvalue weighted by Crippen LogP contribution is 2.14. The average molecular weight is 193 g/mol. The second kappa shape index (κ2) is 3.75. The number of aryl methyl sites for hydroxylation is 1. The number of halogens is 1. The minimum atomic E-state index is -0.226. The first-order valence-corrected chi connectivity index (χ1v) is 4.62. The molecule has 0 saturated heterocycles. The summed E-state index contributed by atoms with van der Waals surface area (Å²) in [6, 6.07) is 4.68. The Hall–Kier alpha value is -1.42. The summed E-state index contributed by atoms with van der Waals surface area (Å²) in [6.45, 7) is 1.42. The third-order valence-electron chi connectivity index (χ3n) is 2.18. The molecule has 3 nitrogen and oxygen atoms in total. The van der Waals surface area contributed by atoms with Crippen LogP contribution in [0.4, 0.5) is 4.39 Å². The summed E-state index contributed by atoms with van der Waals surface area (Å²) < 4.78 is 14.7. The molecule has 14 heavy (non-hydrogen) atoms. The maximum atomic E-state index is 12.8. The van der Waals surface area contributed by atoms with Gasteiger partial charge in [-0.3, -0.25) is 4.68 Å². The van der Waals surface area contributed by atoms with Crippen molar-refractivity contribution in [3.63, 3.8) is 0 Å². The Balaban J connectivity index is 2.37. The van der Waals surface area contributed by atoms with Gasteiger partial charge in [0.15, 0.2) is 0 Å². The first kappa shape index (κ1) is 9.15. The Morgan fingerprint density at radius 1 is 1.43 bits per heavy atom. The maximum Gasteiger partial charge on any atom is 0.124 e. The minimum absolute atomic E-state index is 0.226. The highest BCUT2D eigenvalue weighted by atomic mass is 19.1. The third kappa shape index (κ3) is 1.61. The predicted molar refractivity (Wildman–Crippen MR) is 53.4 cm³/mol. The molecule has 74 valence electrons. The van der Waals surface area contributed by atoms with Crippen LogP contribution >= 0.6 is 0 Å². The maximum absolute atomic E-state index is 12.8. The zero-order valence-electron chi connectivity index (χ0n) is 7.78. The van der Waals surface area contributed by atoms with Gasteiger partial charge >= 0.3 is 0 Å². The summed E-state index contributed by atoms with van der Waals surface area (Å²) in [6.07, 6.45) is 2.56. The Morgan fingerprint density at radius 2 is 2.29 bits per heavy atom. The van der Waals surface area contributed by atoms with Gasteiger partial charge in [0.1, 0.15) is 5.82 Å². The van der Waals surface area contributed by atoms with Gasteiger partial charge in [-0.2, -0.15) is 5.10 Å². The fraction of sp³-hybridized carbons (Fsp3) is 0.300. The van der Waals surface area contributed by atoms with Crippen LogP contribution in [-0.2, 0) is 6.54 Å². The van der Waals surface area contributed by atoms with Crippen molar-refractivity contribution in [3.05, 3.63) is 30.2 Å². The molecule has 0 radical (unpaired) electrons. The van der Waals surface area contributed by atoms with E-state index < -0.39 is 0 Å². The van der Waals surface area contributed by atoms with Crippen LogP contribution in [0.5, 0.6) is 0 Å². The molecule has 2 aromatic rings. The molecule has 0 spiro atoms.